The maximum Gasteiger partial charge on any atom is 0.0712 e. The molecule has 0 bridgehead atoms. The third-order valence-corrected chi connectivity index (χ3v) is 2.13. The van der Waals surface area contributed by atoms with Crippen LogP contribution in [0.2, 0.25) is 0 Å². The van der Waals surface area contributed by atoms with Crippen LogP contribution in [-0.2, 0) is 4.74 Å². The minimum atomic E-state index is 0.224. The van der Waals surface area contributed by atoms with Crippen LogP contribution in [0.5, 0.6) is 0 Å². The number of ether oxygens (including phenoxy) is 1. The molecule has 1 fully saturated rings. The first-order chi connectivity index (χ1) is 6.08. The highest BCUT2D eigenvalue weighted by molar-refractivity contribution is 4.73. The lowest BCUT2D eigenvalue weighted by Crippen LogP contribution is -2.42. The Balaban J connectivity index is 2.04. The molecule has 1 aliphatic heterocycles. The van der Waals surface area contributed by atoms with Crippen molar-refractivity contribution in [2.45, 2.75) is 38.8 Å². The molecule has 0 saturated carbocycles. The molecular formula is C10H22N2O. The van der Waals surface area contributed by atoms with Gasteiger partial charge in [0.1, 0.15) is 0 Å². The van der Waals surface area contributed by atoms with Crippen molar-refractivity contribution in [1.82, 2.24) is 10.6 Å². The Morgan fingerprint density at radius 1 is 1.46 bits per heavy atom. The summed E-state index contributed by atoms with van der Waals surface area (Å²) in [5.74, 6) is 0. The Labute approximate surface area is 81.2 Å². The molecule has 2 N–H and O–H groups in total. The molecule has 0 radical (unpaired) electrons. The van der Waals surface area contributed by atoms with Crippen molar-refractivity contribution < 1.29 is 4.74 Å². The highest BCUT2D eigenvalue weighted by atomic mass is 16.5. The largest absolute Gasteiger partial charge is 0.376 e. The van der Waals surface area contributed by atoms with Crippen LogP contribution in [0.25, 0.3) is 0 Å². The first-order valence-corrected chi connectivity index (χ1v) is 5.15. The molecule has 78 valence electrons. The van der Waals surface area contributed by atoms with E-state index in [0.717, 1.165) is 32.7 Å². The number of nitrogens with one attached hydrogen (secondary N) is 2. The van der Waals surface area contributed by atoms with Gasteiger partial charge in [-0.3, -0.25) is 0 Å². The maximum atomic E-state index is 5.59. The van der Waals surface area contributed by atoms with Gasteiger partial charge in [0.2, 0.25) is 0 Å². The van der Waals surface area contributed by atoms with Gasteiger partial charge in [-0.2, -0.15) is 0 Å². The Kier molecular flexibility index (Phi) is 4.16. The molecule has 0 aromatic rings. The summed E-state index contributed by atoms with van der Waals surface area (Å²) in [5, 5.41) is 6.79. The van der Waals surface area contributed by atoms with Gasteiger partial charge in [0.05, 0.1) is 12.7 Å². The standard InChI is InChI=1S/C10H22N2O/c1-10(2,3)12-5-4-9-8-11-6-7-13-9/h9,11-12H,4-8H2,1-3H3. The normalized spacial score (nSPS) is 24.7. The highest BCUT2D eigenvalue weighted by Gasteiger charge is 2.14. The van der Waals surface area contributed by atoms with E-state index in [-0.39, 0.29) is 5.54 Å². The quantitative estimate of drug-likeness (QED) is 0.682. The fraction of sp³-hybridized carbons (Fsp3) is 1.00. The number of rotatable bonds is 3. The Morgan fingerprint density at radius 3 is 2.77 bits per heavy atom. The first-order valence-electron chi connectivity index (χ1n) is 5.15. The van der Waals surface area contributed by atoms with Gasteiger partial charge in [0.25, 0.3) is 0 Å². The fourth-order valence-corrected chi connectivity index (χ4v) is 1.41. The van der Waals surface area contributed by atoms with E-state index in [1.165, 1.54) is 0 Å². The van der Waals surface area contributed by atoms with Crippen LogP contribution in [0.4, 0.5) is 0 Å². The summed E-state index contributed by atoms with van der Waals surface area (Å²) in [5.41, 5.74) is 0.224. The van der Waals surface area contributed by atoms with Gasteiger partial charge in [-0.1, -0.05) is 0 Å². The van der Waals surface area contributed by atoms with Gasteiger partial charge in [-0.05, 0) is 33.7 Å². The second-order valence-corrected chi connectivity index (χ2v) is 4.66. The molecule has 13 heavy (non-hydrogen) atoms. The summed E-state index contributed by atoms with van der Waals surface area (Å²) in [6.07, 6.45) is 1.51. The summed E-state index contributed by atoms with van der Waals surface area (Å²) < 4.78 is 5.59. The second kappa shape index (κ2) is 4.94. The first kappa shape index (κ1) is 11.0. The molecule has 0 aromatic carbocycles. The summed E-state index contributed by atoms with van der Waals surface area (Å²) >= 11 is 0. The molecule has 1 atom stereocenters. The van der Waals surface area contributed by atoms with E-state index < -0.39 is 0 Å². The summed E-state index contributed by atoms with van der Waals surface area (Å²) in [4.78, 5) is 0. The van der Waals surface area contributed by atoms with Gasteiger partial charge in [0, 0.05) is 18.6 Å². The number of morpholine rings is 1. The smallest absolute Gasteiger partial charge is 0.0712 e. The SMILES string of the molecule is CC(C)(C)NCCC1CNCCO1. The minimum absolute atomic E-state index is 0.224. The van der Waals surface area contributed by atoms with Gasteiger partial charge in [-0.25, -0.2) is 0 Å². The van der Waals surface area contributed by atoms with Crippen LogP contribution >= 0.6 is 0 Å². The molecule has 1 unspecified atom stereocenters. The number of hydrogen-bond donors (Lipinski definition) is 2. The van der Waals surface area contributed by atoms with Crippen molar-refractivity contribution in [2.24, 2.45) is 0 Å². The molecule has 1 aliphatic rings. The Morgan fingerprint density at radius 2 is 2.23 bits per heavy atom. The monoisotopic (exact) mass is 186 g/mol. The Bertz CT molecular complexity index is 136. The third kappa shape index (κ3) is 5.24. The molecule has 0 aliphatic carbocycles. The van der Waals surface area contributed by atoms with Crippen LogP contribution in [0.1, 0.15) is 27.2 Å². The molecule has 1 rings (SSSR count). The Hall–Kier alpha value is -0.120. The van der Waals surface area contributed by atoms with E-state index in [2.05, 4.69) is 31.4 Å². The zero-order valence-electron chi connectivity index (χ0n) is 9.02. The van der Waals surface area contributed by atoms with Crippen molar-refractivity contribution in [3.63, 3.8) is 0 Å². The van der Waals surface area contributed by atoms with Gasteiger partial charge in [-0.15, -0.1) is 0 Å². The zero-order valence-corrected chi connectivity index (χ0v) is 9.02. The molecule has 0 amide bonds. The maximum absolute atomic E-state index is 5.59. The predicted molar refractivity (Wildman–Crippen MR) is 55.0 cm³/mol. The fourth-order valence-electron chi connectivity index (χ4n) is 1.41. The van der Waals surface area contributed by atoms with E-state index in [9.17, 15) is 0 Å². The molecule has 1 heterocycles. The average Bonchev–Trinajstić information content (AvgIpc) is 2.04. The lowest BCUT2D eigenvalue weighted by atomic mass is 10.1. The third-order valence-electron chi connectivity index (χ3n) is 2.13. The topological polar surface area (TPSA) is 33.3 Å². The molecular weight excluding hydrogens is 164 g/mol. The van der Waals surface area contributed by atoms with Gasteiger partial charge in [0.15, 0.2) is 0 Å². The lowest BCUT2D eigenvalue weighted by Gasteiger charge is -2.26. The highest BCUT2D eigenvalue weighted by Crippen LogP contribution is 2.03. The summed E-state index contributed by atoms with van der Waals surface area (Å²) in [6.45, 7) is 10.5. The van der Waals surface area contributed by atoms with Gasteiger partial charge >= 0.3 is 0 Å². The minimum Gasteiger partial charge on any atom is -0.376 e. The van der Waals surface area contributed by atoms with Crippen LogP contribution in [0, 0.1) is 0 Å². The van der Waals surface area contributed by atoms with E-state index in [1.54, 1.807) is 0 Å². The van der Waals surface area contributed by atoms with Crippen molar-refractivity contribution in [2.75, 3.05) is 26.2 Å². The predicted octanol–water partition coefficient (Wildman–Crippen LogP) is 0.753. The van der Waals surface area contributed by atoms with Gasteiger partial charge < -0.3 is 15.4 Å². The number of hydrogen-bond acceptors (Lipinski definition) is 3. The van der Waals surface area contributed by atoms with Crippen molar-refractivity contribution in [3.8, 4) is 0 Å². The van der Waals surface area contributed by atoms with Crippen molar-refractivity contribution in [3.05, 3.63) is 0 Å². The van der Waals surface area contributed by atoms with Crippen LogP contribution in [-0.4, -0.2) is 37.9 Å². The van der Waals surface area contributed by atoms with Crippen LogP contribution < -0.4 is 10.6 Å². The van der Waals surface area contributed by atoms with Crippen molar-refractivity contribution in [1.29, 1.82) is 0 Å². The van der Waals surface area contributed by atoms with E-state index in [4.69, 9.17) is 4.74 Å². The summed E-state index contributed by atoms with van der Waals surface area (Å²) in [6, 6.07) is 0. The zero-order chi connectivity index (χ0) is 9.73. The lowest BCUT2D eigenvalue weighted by molar-refractivity contribution is 0.0230. The molecule has 3 heteroatoms. The summed E-state index contributed by atoms with van der Waals surface area (Å²) in [7, 11) is 0. The van der Waals surface area contributed by atoms with E-state index in [1.807, 2.05) is 0 Å². The molecule has 1 saturated heterocycles. The van der Waals surface area contributed by atoms with E-state index >= 15 is 0 Å². The van der Waals surface area contributed by atoms with Crippen LogP contribution in [0.3, 0.4) is 0 Å². The average molecular weight is 186 g/mol. The van der Waals surface area contributed by atoms with Crippen LogP contribution in [0.15, 0.2) is 0 Å². The molecule has 3 nitrogen and oxygen atoms in total. The van der Waals surface area contributed by atoms with Crippen molar-refractivity contribution >= 4 is 0 Å². The second-order valence-electron chi connectivity index (χ2n) is 4.66. The van der Waals surface area contributed by atoms with E-state index in [0.29, 0.717) is 6.10 Å². The molecule has 0 spiro atoms. The molecule has 0 aromatic heterocycles.